The van der Waals surface area contributed by atoms with E-state index in [1.807, 2.05) is 0 Å². The molecule has 25 heavy (non-hydrogen) atoms. The molecule has 0 bridgehead atoms. The van der Waals surface area contributed by atoms with E-state index < -0.39 is 16.8 Å². The molecule has 1 amide bonds. The van der Waals surface area contributed by atoms with Crippen molar-refractivity contribution in [1.82, 2.24) is 5.32 Å². The Labute approximate surface area is 155 Å². The summed E-state index contributed by atoms with van der Waals surface area (Å²) in [5.41, 5.74) is 0.422. The number of nitrogens with zero attached hydrogens (tertiary/aromatic N) is 1. The van der Waals surface area contributed by atoms with Crippen LogP contribution in [-0.4, -0.2) is 27.0 Å². The molecule has 0 atom stereocenters. The van der Waals surface area contributed by atoms with Crippen LogP contribution in [0, 0.1) is 10.1 Å². The number of halogens is 1. The van der Waals surface area contributed by atoms with Crippen molar-refractivity contribution in [3.05, 3.63) is 68.2 Å². The summed E-state index contributed by atoms with van der Waals surface area (Å²) in [6.45, 7) is 0. The molecule has 0 radical (unpaired) electrons. The predicted octanol–water partition coefficient (Wildman–Crippen LogP) is 3.18. The molecule has 0 aliphatic rings. The van der Waals surface area contributed by atoms with E-state index in [0.29, 0.717) is 10.2 Å². The number of hydrogen-bond donors (Lipinski definition) is 3. The van der Waals surface area contributed by atoms with E-state index in [-0.39, 0.29) is 21.9 Å². The molecule has 0 fully saturated rings. The Morgan fingerprint density at radius 2 is 1.80 bits per heavy atom. The summed E-state index contributed by atoms with van der Waals surface area (Å²) in [5.74, 6) is -1.69. The van der Waals surface area contributed by atoms with Crippen LogP contribution in [0.2, 0.25) is 0 Å². The number of thiocarbonyl (C=S) groups is 1. The van der Waals surface area contributed by atoms with Gasteiger partial charge in [0.05, 0.1) is 16.1 Å². The van der Waals surface area contributed by atoms with E-state index in [1.54, 1.807) is 0 Å². The first-order chi connectivity index (χ1) is 11.8. The fraction of sp³-hybridized carbons (Fsp3) is 0. The van der Waals surface area contributed by atoms with Gasteiger partial charge in [-0.05, 0) is 58.5 Å². The maximum Gasteiger partial charge on any atom is 0.335 e. The lowest BCUT2D eigenvalue weighted by atomic mass is 10.2. The van der Waals surface area contributed by atoms with E-state index in [9.17, 15) is 19.7 Å². The summed E-state index contributed by atoms with van der Waals surface area (Å²) in [6, 6.07) is 9.54. The third kappa shape index (κ3) is 4.81. The van der Waals surface area contributed by atoms with Gasteiger partial charge in [-0.15, -0.1) is 0 Å². The summed E-state index contributed by atoms with van der Waals surface area (Å²) >= 11 is 8.17. The molecule has 0 heterocycles. The minimum absolute atomic E-state index is 0.0357. The largest absolute Gasteiger partial charge is 0.478 e. The van der Waals surface area contributed by atoms with Crippen molar-refractivity contribution in [3.8, 4) is 0 Å². The molecule has 2 aromatic carbocycles. The third-order valence-electron chi connectivity index (χ3n) is 3.02. The molecule has 0 aliphatic heterocycles. The topological polar surface area (TPSA) is 122 Å². The second-order valence-corrected chi connectivity index (χ2v) is 5.97. The minimum Gasteiger partial charge on any atom is -0.478 e. The van der Waals surface area contributed by atoms with Gasteiger partial charge in [-0.2, -0.15) is 0 Å². The van der Waals surface area contributed by atoms with Crippen LogP contribution in [0.4, 0.5) is 11.4 Å². The van der Waals surface area contributed by atoms with Gasteiger partial charge < -0.3 is 10.4 Å². The number of anilines is 1. The number of nitro groups is 1. The van der Waals surface area contributed by atoms with Crippen molar-refractivity contribution in [2.75, 3.05) is 5.32 Å². The molecule has 128 valence electrons. The molecule has 0 unspecified atom stereocenters. The first kappa shape index (κ1) is 18.5. The van der Waals surface area contributed by atoms with E-state index in [0.717, 1.165) is 6.07 Å². The van der Waals surface area contributed by atoms with Crippen LogP contribution < -0.4 is 10.6 Å². The first-order valence-electron chi connectivity index (χ1n) is 6.67. The van der Waals surface area contributed by atoms with Crippen LogP contribution in [0.25, 0.3) is 0 Å². The minimum atomic E-state index is -1.06. The van der Waals surface area contributed by atoms with E-state index in [4.69, 9.17) is 17.3 Å². The molecule has 2 aromatic rings. The SMILES string of the molecule is O=C(O)c1ccc(NC(=S)NC(=O)c2cc([N+](=O)[O-])ccc2Br)cc1. The number of benzene rings is 2. The number of rotatable bonds is 4. The number of carbonyl (C=O) groups excluding carboxylic acids is 1. The normalized spacial score (nSPS) is 9.96. The lowest BCUT2D eigenvalue weighted by Gasteiger charge is -2.10. The molecule has 0 saturated carbocycles. The summed E-state index contributed by atoms with van der Waals surface area (Å²) in [5, 5.41) is 24.7. The highest BCUT2D eigenvalue weighted by atomic mass is 79.9. The Hall–Kier alpha value is -2.85. The third-order valence-corrected chi connectivity index (χ3v) is 3.92. The summed E-state index contributed by atoms with van der Waals surface area (Å²) in [4.78, 5) is 33.2. The van der Waals surface area contributed by atoms with Gasteiger partial charge in [-0.1, -0.05) is 0 Å². The number of nitro benzene ring substituents is 1. The zero-order valence-corrected chi connectivity index (χ0v) is 14.8. The molecule has 2 rings (SSSR count). The fourth-order valence-electron chi connectivity index (χ4n) is 1.83. The van der Waals surface area contributed by atoms with Crippen LogP contribution in [0.1, 0.15) is 20.7 Å². The van der Waals surface area contributed by atoms with Crippen molar-refractivity contribution in [3.63, 3.8) is 0 Å². The number of amides is 1. The summed E-state index contributed by atoms with van der Waals surface area (Å²) in [7, 11) is 0. The average Bonchev–Trinajstić information content (AvgIpc) is 2.55. The van der Waals surface area contributed by atoms with Gasteiger partial charge in [0.15, 0.2) is 5.11 Å². The fourth-order valence-corrected chi connectivity index (χ4v) is 2.47. The average molecular weight is 424 g/mol. The highest BCUT2D eigenvalue weighted by Gasteiger charge is 2.16. The monoisotopic (exact) mass is 423 g/mol. The van der Waals surface area contributed by atoms with Gasteiger partial charge in [-0.3, -0.25) is 20.2 Å². The van der Waals surface area contributed by atoms with Crippen LogP contribution in [0.3, 0.4) is 0 Å². The van der Waals surface area contributed by atoms with Crippen LogP contribution in [-0.2, 0) is 0 Å². The number of hydrogen-bond acceptors (Lipinski definition) is 5. The number of non-ortho nitro benzene ring substituents is 1. The predicted molar refractivity (Wildman–Crippen MR) is 97.9 cm³/mol. The lowest BCUT2D eigenvalue weighted by Crippen LogP contribution is -2.34. The maximum atomic E-state index is 12.2. The van der Waals surface area contributed by atoms with E-state index >= 15 is 0 Å². The second kappa shape index (κ2) is 7.81. The Morgan fingerprint density at radius 1 is 1.16 bits per heavy atom. The number of nitrogens with one attached hydrogen (secondary N) is 2. The Bertz CT molecular complexity index is 870. The van der Waals surface area contributed by atoms with Gasteiger partial charge in [0.1, 0.15) is 0 Å². The molecule has 3 N–H and O–H groups in total. The summed E-state index contributed by atoms with van der Waals surface area (Å²) < 4.78 is 0.379. The van der Waals surface area contributed by atoms with Crippen LogP contribution in [0.5, 0.6) is 0 Å². The van der Waals surface area contributed by atoms with Gasteiger partial charge in [0, 0.05) is 22.3 Å². The molecule has 0 spiro atoms. The number of carboxylic acid groups (broad SMARTS) is 1. The van der Waals surface area contributed by atoms with Crippen molar-refractivity contribution < 1.29 is 19.6 Å². The zero-order valence-electron chi connectivity index (χ0n) is 12.4. The van der Waals surface area contributed by atoms with Crippen molar-refractivity contribution in [2.45, 2.75) is 0 Å². The first-order valence-corrected chi connectivity index (χ1v) is 7.87. The maximum absolute atomic E-state index is 12.2. The molecular formula is C15H10BrN3O5S. The number of carbonyl (C=O) groups is 2. The standard InChI is InChI=1S/C15H10BrN3O5S/c16-12-6-5-10(19(23)24)7-11(12)13(20)18-15(25)17-9-3-1-8(2-4-9)14(21)22/h1-7H,(H,21,22)(H2,17,18,20,25). The number of aromatic carboxylic acids is 1. The van der Waals surface area contributed by atoms with Crippen molar-refractivity contribution >= 4 is 56.5 Å². The second-order valence-electron chi connectivity index (χ2n) is 4.71. The van der Waals surface area contributed by atoms with Crippen LogP contribution >= 0.6 is 28.1 Å². The zero-order chi connectivity index (χ0) is 18.6. The van der Waals surface area contributed by atoms with E-state index in [1.165, 1.54) is 36.4 Å². The Kier molecular flexibility index (Phi) is 5.78. The molecule has 0 saturated heterocycles. The smallest absolute Gasteiger partial charge is 0.335 e. The quantitative estimate of drug-likeness (QED) is 0.392. The van der Waals surface area contributed by atoms with Gasteiger partial charge in [-0.25, -0.2) is 4.79 Å². The Balaban J connectivity index is 2.07. The van der Waals surface area contributed by atoms with Gasteiger partial charge >= 0.3 is 5.97 Å². The lowest BCUT2D eigenvalue weighted by molar-refractivity contribution is -0.384. The number of carboxylic acids is 1. The molecule has 0 aromatic heterocycles. The van der Waals surface area contributed by atoms with Gasteiger partial charge in [0.2, 0.25) is 0 Å². The van der Waals surface area contributed by atoms with Crippen molar-refractivity contribution in [2.24, 2.45) is 0 Å². The molecule has 8 nitrogen and oxygen atoms in total. The highest BCUT2D eigenvalue weighted by Crippen LogP contribution is 2.22. The summed E-state index contributed by atoms with van der Waals surface area (Å²) in [6.07, 6.45) is 0. The highest BCUT2D eigenvalue weighted by molar-refractivity contribution is 9.10. The molecule has 0 aliphatic carbocycles. The van der Waals surface area contributed by atoms with E-state index in [2.05, 4.69) is 26.6 Å². The van der Waals surface area contributed by atoms with Crippen molar-refractivity contribution in [1.29, 1.82) is 0 Å². The molecular weight excluding hydrogens is 414 g/mol. The molecule has 10 heteroatoms. The van der Waals surface area contributed by atoms with Gasteiger partial charge in [0.25, 0.3) is 11.6 Å². The Morgan fingerprint density at radius 3 is 2.36 bits per heavy atom. The van der Waals surface area contributed by atoms with Crippen LogP contribution in [0.15, 0.2) is 46.9 Å².